The van der Waals surface area contributed by atoms with Gasteiger partial charge in [0.2, 0.25) is 5.71 Å². The van der Waals surface area contributed by atoms with Gasteiger partial charge in [0, 0.05) is 4.47 Å². The van der Waals surface area contributed by atoms with Crippen molar-refractivity contribution >= 4 is 27.2 Å². The predicted molar refractivity (Wildman–Crippen MR) is 60.9 cm³/mol. The SMILES string of the molecule is CC(C)Cc1nc2oc(=O)[nH]c2cc1Br. The molecule has 0 spiro atoms. The van der Waals surface area contributed by atoms with Crippen LogP contribution in [-0.4, -0.2) is 9.97 Å². The number of nitrogens with one attached hydrogen (secondary N) is 1. The molecule has 80 valence electrons. The van der Waals surface area contributed by atoms with Crippen LogP contribution in [0.4, 0.5) is 0 Å². The molecule has 0 aromatic carbocycles. The average molecular weight is 271 g/mol. The molecule has 0 aliphatic rings. The highest BCUT2D eigenvalue weighted by Crippen LogP contribution is 2.21. The van der Waals surface area contributed by atoms with Crippen LogP contribution in [0, 0.1) is 5.92 Å². The molecule has 0 saturated carbocycles. The zero-order chi connectivity index (χ0) is 11.0. The molecule has 2 rings (SSSR count). The van der Waals surface area contributed by atoms with Gasteiger partial charge in [-0.3, -0.25) is 4.98 Å². The minimum Gasteiger partial charge on any atom is -0.389 e. The van der Waals surface area contributed by atoms with Crippen LogP contribution >= 0.6 is 15.9 Å². The summed E-state index contributed by atoms with van der Waals surface area (Å²) in [6, 6.07) is 1.82. The average Bonchev–Trinajstić information content (AvgIpc) is 2.44. The fourth-order valence-corrected chi connectivity index (χ4v) is 1.91. The second-order valence-corrected chi connectivity index (χ2v) is 4.74. The summed E-state index contributed by atoms with van der Waals surface area (Å²) in [5, 5.41) is 0. The molecule has 2 heterocycles. The van der Waals surface area contributed by atoms with E-state index in [1.165, 1.54) is 0 Å². The third-order valence-electron chi connectivity index (χ3n) is 2.04. The minimum absolute atomic E-state index is 0.374. The number of hydrogen-bond acceptors (Lipinski definition) is 3. The lowest BCUT2D eigenvalue weighted by atomic mass is 10.1. The fourth-order valence-electron chi connectivity index (χ4n) is 1.43. The normalized spacial score (nSPS) is 11.5. The summed E-state index contributed by atoms with van der Waals surface area (Å²) >= 11 is 3.43. The summed E-state index contributed by atoms with van der Waals surface area (Å²) in [4.78, 5) is 17.8. The van der Waals surface area contributed by atoms with Crippen LogP contribution < -0.4 is 5.76 Å². The van der Waals surface area contributed by atoms with Crippen LogP contribution in [0.25, 0.3) is 11.2 Å². The topological polar surface area (TPSA) is 58.9 Å². The Bertz CT molecular complexity index is 542. The van der Waals surface area contributed by atoms with E-state index in [2.05, 4.69) is 39.7 Å². The highest BCUT2D eigenvalue weighted by molar-refractivity contribution is 9.10. The highest BCUT2D eigenvalue weighted by Gasteiger charge is 2.09. The van der Waals surface area contributed by atoms with E-state index in [1.54, 1.807) is 0 Å². The van der Waals surface area contributed by atoms with E-state index >= 15 is 0 Å². The van der Waals surface area contributed by atoms with E-state index in [0.29, 0.717) is 17.1 Å². The Hall–Kier alpha value is -1.10. The summed E-state index contributed by atoms with van der Waals surface area (Å²) in [7, 11) is 0. The van der Waals surface area contributed by atoms with Gasteiger partial charge < -0.3 is 4.42 Å². The van der Waals surface area contributed by atoms with Gasteiger partial charge in [-0.2, -0.15) is 0 Å². The van der Waals surface area contributed by atoms with Crippen LogP contribution in [0.5, 0.6) is 0 Å². The lowest BCUT2D eigenvalue weighted by Gasteiger charge is -2.05. The summed E-state index contributed by atoms with van der Waals surface area (Å²) in [6.45, 7) is 4.23. The van der Waals surface area contributed by atoms with Crippen molar-refractivity contribution in [1.29, 1.82) is 0 Å². The fraction of sp³-hybridized carbons (Fsp3) is 0.400. The molecule has 2 aromatic heterocycles. The molecule has 2 aromatic rings. The van der Waals surface area contributed by atoms with Crippen molar-refractivity contribution in [2.75, 3.05) is 0 Å². The number of oxazole rings is 1. The first-order valence-corrected chi connectivity index (χ1v) is 5.54. The maximum atomic E-state index is 11.0. The maximum Gasteiger partial charge on any atom is 0.418 e. The summed E-state index contributed by atoms with van der Waals surface area (Å²) < 4.78 is 5.81. The van der Waals surface area contributed by atoms with E-state index < -0.39 is 5.76 Å². The molecule has 0 aliphatic carbocycles. The van der Waals surface area contributed by atoms with Crippen molar-refractivity contribution in [2.45, 2.75) is 20.3 Å². The zero-order valence-electron chi connectivity index (χ0n) is 8.50. The van der Waals surface area contributed by atoms with Gasteiger partial charge in [0.15, 0.2) is 0 Å². The van der Waals surface area contributed by atoms with Gasteiger partial charge in [0.25, 0.3) is 0 Å². The highest BCUT2D eigenvalue weighted by atomic mass is 79.9. The number of pyridine rings is 1. The number of rotatable bonds is 2. The lowest BCUT2D eigenvalue weighted by Crippen LogP contribution is -1.98. The van der Waals surface area contributed by atoms with Crippen molar-refractivity contribution in [3.8, 4) is 0 Å². The molecule has 0 saturated heterocycles. The van der Waals surface area contributed by atoms with E-state index in [-0.39, 0.29) is 0 Å². The molecule has 15 heavy (non-hydrogen) atoms. The molecule has 4 nitrogen and oxygen atoms in total. The van der Waals surface area contributed by atoms with Crippen molar-refractivity contribution in [1.82, 2.24) is 9.97 Å². The number of aromatic nitrogens is 2. The third-order valence-corrected chi connectivity index (χ3v) is 2.73. The van der Waals surface area contributed by atoms with E-state index in [0.717, 1.165) is 16.6 Å². The van der Waals surface area contributed by atoms with Crippen LogP contribution in [0.3, 0.4) is 0 Å². The standard InChI is InChI=1S/C10H11BrN2O2/c1-5(2)3-7-6(11)4-8-9(12-7)15-10(14)13-8/h4-5H,3H2,1-2H3,(H,13,14). The Morgan fingerprint density at radius 2 is 2.33 bits per heavy atom. The first-order chi connectivity index (χ1) is 7.06. The lowest BCUT2D eigenvalue weighted by molar-refractivity contribution is 0.541. The van der Waals surface area contributed by atoms with Crippen molar-refractivity contribution in [3.05, 3.63) is 26.8 Å². The second kappa shape index (κ2) is 3.81. The summed E-state index contributed by atoms with van der Waals surface area (Å²) in [6.07, 6.45) is 0.853. The molecule has 1 N–H and O–H groups in total. The smallest absolute Gasteiger partial charge is 0.389 e. The van der Waals surface area contributed by atoms with Gasteiger partial charge in [-0.15, -0.1) is 0 Å². The molecule has 0 atom stereocenters. The molecule has 0 bridgehead atoms. The Labute approximate surface area is 94.8 Å². The Balaban J connectivity index is 2.56. The molecular formula is C10H11BrN2O2. The van der Waals surface area contributed by atoms with Gasteiger partial charge in [0.05, 0.1) is 5.69 Å². The first kappa shape index (κ1) is 10.4. The Morgan fingerprint density at radius 1 is 1.60 bits per heavy atom. The summed E-state index contributed by atoms with van der Waals surface area (Å²) in [5.41, 5.74) is 1.92. The Morgan fingerprint density at radius 3 is 3.00 bits per heavy atom. The number of H-pyrrole nitrogens is 1. The van der Waals surface area contributed by atoms with Gasteiger partial charge in [0.1, 0.15) is 5.52 Å². The van der Waals surface area contributed by atoms with Gasteiger partial charge in [-0.05, 0) is 34.3 Å². The van der Waals surface area contributed by atoms with E-state index in [9.17, 15) is 4.79 Å². The minimum atomic E-state index is -0.467. The Kier molecular flexibility index (Phi) is 2.65. The van der Waals surface area contributed by atoms with Gasteiger partial charge in [-0.25, -0.2) is 9.78 Å². The van der Waals surface area contributed by atoms with E-state index in [1.807, 2.05) is 6.07 Å². The zero-order valence-corrected chi connectivity index (χ0v) is 10.1. The second-order valence-electron chi connectivity index (χ2n) is 3.88. The van der Waals surface area contributed by atoms with Gasteiger partial charge in [-0.1, -0.05) is 13.8 Å². The largest absolute Gasteiger partial charge is 0.418 e. The maximum absolute atomic E-state index is 11.0. The number of fused-ring (bicyclic) bond motifs is 1. The third kappa shape index (κ3) is 2.12. The quantitative estimate of drug-likeness (QED) is 0.912. The van der Waals surface area contributed by atoms with Crippen LogP contribution in [0.2, 0.25) is 0 Å². The van der Waals surface area contributed by atoms with Crippen molar-refractivity contribution in [2.24, 2.45) is 5.92 Å². The molecule has 0 fully saturated rings. The molecule has 0 aliphatic heterocycles. The molecule has 0 amide bonds. The predicted octanol–water partition coefficient (Wildman–Crippen LogP) is 2.48. The van der Waals surface area contributed by atoms with Crippen LogP contribution in [-0.2, 0) is 6.42 Å². The molecule has 0 radical (unpaired) electrons. The molecule has 5 heteroatoms. The number of halogens is 1. The molecule has 0 unspecified atom stereocenters. The monoisotopic (exact) mass is 270 g/mol. The van der Waals surface area contributed by atoms with Crippen molar-refractivity contribution in [3.63, 3.8) is 0 Å². The van der Waals surface area contributed by atoms with Crippen molar-refractivity contribution < 1.29 is 4.42 Å². The first-order valence-electron chi connectivity index (χ1n) is 4.74. The number of nitrogens with zero attached hydrogens (tertiary/aromatic N) is 1. The van der Waals surface area contributed by atoms with Gasteiger partial charge >= 0.3 is 5.76 Å². The molecular weight excluding hydrogens is 260 g/mol. The van der Waals surface area contributed by atoms with Crippen LogP contribution in [0.1, 0.15) is 19.5 Å². The number of aromatic amines is 1. The summed E-state index contributed by atoms with van der Waals surface area (Å²) in [5.74, 6) is 0.0445. The van der Waals surface area contributed by atoms with E-state index in [4.69, 9.17) is 4.42 Å². The number of hydrogen-bond donors (Lipinski definition) is 1. The van der Waals surface area contributed by atoms with Crippen LogP contribution in [0.15, 0.2) is 19.8 Å².